The second kappa shape index (κ2) is 3.93. The zero-order valence-electron chi connectivity index (χ0n) is 8.95. The summed E-state index contributed by atoms with van der Waals surface area (Å²) in [7, 11) is 0. The van der Waals surface area contributed by atoms with Crippen molar-refractivity contribution in [1.82, 2.24) is 0 Å². The minimum atomic E-state index is -0.257. The lowest BCUT2D eigenvalue weighted by atomic mass is 10.0. The maximum absolute atomic E-state index is 11.6. The summed E-state index contributed by atoms with van der Waals surface area (Å²) in [6.07, 6.45) is 0.931. The Balaban J connectivity index is 2.34. The number of rotatable bonds is 2. The number of benzene rings is 1. The molecule has 0 aliphatic carbocycles. The molecule has 0 aromatic heterocycles. The SMILES string of the molecule is CCOC(=O)c1cccc2c1CC(C)O2. The van der Waals surface area contributed by atoms with E-state index in [-0.39, 0.29) is 12.1 Å². The van der Waals surface area contributed by atoms with Crippen LogP contribution in [0.2, 0.25) is 0 Å². The second-order valence-electron chi connectivity index (χ2n) is 3.64. The Morgan fingerprint density at radius 1 is 1.60 bits per heavy atom. The molecule has 3 nitrogen and oxygen atoms in total. The van der Waals surface area contributed by atoms with Gasteiger partial charge in [0, 0.05) is 12.0 Å². The maximum Gasteiger partial charge on any atom is 0.338 e. The Morgan fingerprint density at radius 3 is 3.13 bits per heavy atom. The lowest BCUT2D eigenvalue weighted by Gasteiger charge is -2.05. The molecule has 1 unspecified atom stereocenters. The molecule has 2 rings (SSSR count). The van der Waals surface area contributed by atoms with Crippen molar-refractivity contribution in [1.29, 1.82) is 0 Å². The van der Waals surface area contributed by atoms with Crippen LogP contribution in [0.25, 0.3) is 0 Å². The van der Waals surface area contributed by atoms with Crippen LogP contribution in [0.15, 0.2) is 18.2 Å². The van der Waals surface area contributed by atoms with Crippen LogP contribution >= 0.6 is 0 Å². The van der Waals surface area contributed by atoms with E-state index in [9.17, 15) is 4.79 Å². The van der Waals surface area contributed by atoms with Gasteiger partial charge in [-0.05, 0) is 26.0 Å². The fraction of sp³-hybridized carbons (Fsp3) is 0.417. The van der Waals surface area contributed by atoms with Crippen LogP contribution in [0.4, 0.5) is 0 Å². The van der Waals surface area contributed by atoms with Crippen molar-refractivity contribution in [2.24, 2.45) is 0 Å². The number of fused-ring (bicyclic) bond motifs is 1. The van der Waals surface area contributed by atoms with E-state index in [1.54, 1.807) is 13.0 Å². The van der Waals surface area contributed by atoms with E-state index in [4.69, 9.17) is 9.47 Å². The summed E-state index contributed by atoms with van der Waals surface area (Å²) in [5.74, 6) is 0.556. The van der Waals surface area contributed by atoms with E-state index in [0.717, 1.165) is 17.7 Å². The first-order valence-corrected chi connectivity index (χ1v) is 5.18. The molecule has 80 valence electrons. The standard InChI is InChI=1S/C12H14O3/c1-3-14-12(13)9-5-4-6-11-10(9)7-8(2)15-11/h4-6,8H,3,7H2,1-2H3. The van der Waals surface area contributed by atoms with Crippen molar-refractivity contribution in [2.75, 3.05) is 6.61 Å². The predicted molar refractivity (Wildman–Crippen MR) is 56.2 cm³/mol. The van der Waals surface area contributed by atoms with Crippen LogP contribution < -0.4 is 4.74 Å². The molecular weight excluding hydrogens is 192 g/mol. The second-order valence-corrected chi connectivity index (χ2v) is 3.64. The van der Waals surface area contributed by atoms with Crippen LogP contribution in [0, 0.1) is 0 Å². The molecule has 1 aliphatic heterocycles. The molecule has 0 N–H and O–H groups in total. The van der Waals surface area contributed by atoms with Crippen molar-refractivity contribution in [3.8, 4) is 5.75 Å². The summed E-state index contributed by atoms with van der Waals surface area (Å²) in [5, 5.41) is 0. The Hall–Kier alpha value is -1.51. The highest BCUT2D eigenvalue weighted by Gasteiger charge is 2.24. The smallest absolute Gasteiger partial charge is 0.338 e. The minimum absolute atomic E-state index is 0.149. The highest BCUT2D eigenvalue weighted by Crippen LogP contribution is 2.31. The van der Waals surface area contributed by atoms with E-state index in [1.807, 2.05) is 19.1 Å². The molecule has 1 heterocycles. The average Bonchev–Trinajstić information content (AvgIpc) is 2.57. The normalized spacial score (nSPS) is 18.1. The van der Waals surface area contributed by atoms with Gasteiger partial charge in [-0.3, -0.25) is 0 Å². The molecule has 15 heavy (non-hydrogen) atoms. The van der Waals surface area contributed by atoms with Crippen LogP contribution in [-0.4, -0.2) is 18.7 Å². The molecule has 1 aromatic carbocycles. The van der Waals surface area contributed by atoms with Gasteiger partial charge in [0.15, 0.2) is 0 Å². The van der Waals surface area contributed by atoms with Gasteiger partial charge in [0.1, 0.15) is 11.9 Å². The summed E-state index contributed by atoms with van der Waals surface area (Å²) in [6, 6.07) is 5.50. The number of hydrogen-bond donors (Lipinski definition) is 0. The summed E-state index contributed by atoms with van der Waals surface area (Å²) in [4.78, 5) is 11.6. The molecule has 0 amide bonds. The monoisotopic (exact) mass is 206 g/mol. The Labute approximate surface area is 89.0 Å². The highest BCUT2D eigenvalue weighted by molar-refractivity contribution is 5.92. The van der Waals surface area contributed by atoms with Crippen LogP contribution in [0.1, 0.15) is 29.8 Å². The van der Waals surface area contributed by atoms with Gasteiger partial charge in [-0.2, -0.15) is 0 Å². The lowest BCUT2D eigenvalue weighted by molar-refractivity contribution is 0.0525. The van der Waals surface area contributed by atoms with E-state index < -0.39 is 0 Å². The summed E-state index contributed by atoms with van der Waals surface area (Å²) >= 11 is 0. The van der Waals surface area contributed by atoms with Crippen molar-refractivity contribution < 1.29 is 14.3 Å². The van der Waals surface area contributed by atoms with Crippen molar-refractivity contribution in [3.63, 3.8) is 0 Å². The molecule has 0 saturated carbocycles. The number of esters is 1. The van der Waals surface area contributed by atoms with Crippen LogP contribution in [-0.2, 0) is 11.2 Å². The lowest BCUT2D eigenvalue weighted by Crippen LogP contribution is -2.08. The molecule has 0 fully saturated rings. The number of hydrogen-bond acceptors (Lipinski definition) is 3. The third-order valence-corrected chi connectivity index (χ3v) is 2.45. The molecule has 0 spiro atoms. The molecule has 1 aromatic rings. The molecule has 0 radical (unpaired) electrons. The van der Waals surface area contributed by atoms with Gasteiger partial charge in [0.2, 0.25) is 0 Å². The van der Waals surface area contributed by atoms with Gasteiger partial charge in [-0.25, -0.2) is 4.79 Å². The molecular formula is C12H14O3. The Bertz CT molecular complexity index is 384. The summed E-state index contributed by atoms with van der Waals surface area (Å²) in [5.41, 5.74) is 1.61. The number of ether oxygens (including phenoxy) is 2. The fourth-order valence-corrected chi connectivity index (χ4v) is 1.83. The van der Waals surface area contributed by atoms with Crippen molar-refractivity contribution in [3.05, 3.63) is 29.3 Å². The van der Waals surface area contributed by atoms with Crippen molar-refractivity contribution in [2.45, 2.75) is 26.4 Å². The zero-order chi connectivity index (χ0) is 10.8. The number of carbonyl (C=O) groups is 1. The van der Waals surface area contributed by atoms with Crippen LogP contribution in [0.5, 0.6) is 5.75 Å². The van der Waals surface area contributed by atoms with E-state index in [2.05, 4.69) is 0 Å². The van der Waals surface area contributed by atoms with Gasteiger partial charge >= 0.3 is 5.97 Å². The highest BCUT2D eigenvalue weighted by atomic mass is 16.5. The predicted octanol–water partition coefficient (Wildman–Crippen LogP) is 2.19. The van der Waals surface area contributed by atoms with Gasteiger partial charge in [-0.1, -0.05) is 6.07 Å². The first-order valence-electron chi connectivity index (χ1n) is 5.18. The third kappa shape index (κ3) is 1.82. The quantitative estimate of drug-likeness (QED) is 0.696. The van der Waals surface area contributed by atoms with E-state index >= 15 is 0 Å². The number of carbonyl (C=O) groups excluding carboxylic acids is 1. The molecule has 0 saturated heterocycles. The summed E-state index contributed by atoms with van der Waals surface area (Å²) < 4.78 is 10.6. The van der Waals surface area contributed by atoms with Gasteiger partial charge in [0.25, 0.3) is 0 Å². The average molecular weight is 206 g/mol. The molecule has 1 atom stereocenters. The largest absolute Gasteiger partial charge is 0.490 e. The third-order valence-electron chi connectivity index (χ3n) is 2.45. The Kier molecular flexibility index (Phi) is 2.62. The minimum Gasteiger partial charge on any atom is -0.490 e. The molecule has 3 heteroatoms. The van der Waals surface area contributed by atoms with Crippen molar-refractivity contribution >= 4 is 5.97 Å². The van der Waals surface area contributed by atoms with Gasteiger partial charge < -0.3 is 9.47 Å². The molecule has 0 bridgehead atoms. The zero-order valence-corrected chi connectivity index (χ0v) is 8.95. The Morgan fingerprint density at radius 2 is 2.40 bits per heavy atom. The molecule has 1 aliphatic rings. The van der Waals surface area contributed by atoms with Gasteiger partial charge in [-0.15, -0.1) is 0 Å². The first kappa shape index (κ1) is 10.0. The fourth-order valence-electron chi connectivity index (χ4n) is 1.83. The topological polar surface area (TPSA) is 35.5 Å². The van der Waals surface area contributed by atoms with Gasteiger partial charge in [0.05, 0.1) is 12.2 Å². The van der Waals surface area contributed by atoms with E-state index in [0.29, 0.717) is 12.2 Å². The first-order chi connectivity index (χ1) is 7.22. The maximum atomic E-state index is 11.6. The summed E-state index contributed by atoms with van der Waals surface area (Å²) in [6.45, 7) is 4.20. The van der Waals surface area contributed by atoms with E-state index in [1.165, 1.54) is 0 Å². The van der Waals surface area contributed by atoms with Crippen LogP contribution in [0.3, 0.4) is 0 Å².